The van der Waals surface area contributed by atoms with Gasteiger partial charge >= 0.3 is 5.97 Å². The lowest BCUT2D eigenvalue weighted by Gasteiger charge is -2.14. The minimum Gasteiger partial charge on any atom is -0.508 e. The van der Waals surface area contributed by atoms with Gasteiger partial charge in [-0.25, -0.2) is 0 Å². The van der Waals surface area contributed by atoms with Gasteiger partial charge in [0, 0.05) is 6.54 Å². The molecule has 0 spiro atoms. The van der Waals surface area contributed by atoms with Crippen LogP contribution >= 0.6 is 0 Å². The lowest BCUT2D eigenvalue weighted by atomic mass is 9.99. The van der Waals surface area contributed by atoms with Crippen LogP contribution in [0, 0.1) is 0 Å². The molecule has 1 atom stereocenters. The van der Waals surface area contributed by atoms with E-state index in [1.165, 1.54) is 12.1 Å². The molecule has 1 unspecified atom stereocenters. The minimum absolute atomic E-state index is 0.170. The van der Waals surface area contributed by atoms with Crippen LogP contribution in [0.4, 0.5) is 0 Å². The number of aromatic hydroxyl groups is 1. The Morgan fingerprint density at radius 3 is 2.59 bits per heavy atom. The molecule has 0 aromatic heterocycles. The van der Waals surface area contributed by atoms with Crippen molar-refractivity contribution in [1.82, 2.24) is 0 Å². The van der Waals surface area contributed by atoms with Crippen molar-refractivity contribution in [2.45, 2.75) is 25.7 Å². The van der Waals surface area contributed by atoms with Crippen molar-refractivity contribution in [1.29, 1.82) is 0 Å². The normalized spacial score (nSPS) is 12.1. The summed E-state index contributed by atoms with van der Waals surface area (Å²) < 4.78 is 5.14. The predicted molar refractivity (Wildman–Crippen MR) is 65.8 cm³/mol. The molecule has 0 saturated carbocycles. The van der Waals surface area contributed by atoms with Crippen LogP contribution in [0.25, 0.3) is 0 Å². The van der Waals surface area contributed by atoms with E-state index < -0.39 is 5.92 Å². The number of phenols is 1. The number of carbonyl (C=O) groups is 1. The second-order valence-corrected chi connectivity index (χ2v) is 3.90. The van der Waals surface area contributed by atoms with E-state index in [4.69, 9.17) is 10.5 Å². The van der Waals surface area contributed by atoms with Crippen LogP contribution in [0.2, 0.25) is 0 Å². The second kappa shape index (κ2) is 6.91. The summed E-state index contributed by atoms with van der Waals surface area (Å²) in [5.41, 5.74) is 6.35. The fourth-order valence-electron chi connectivity index (χ4n) is 1.49. The molecular weight excluding hydrogens is 218 g/mol. The van der Waals surface area contributed by atoms with Gasteiger partial charge in [-0.3, -0.25) is 4.79 Å². The number of esters is 1. The fourth-order valence-corrected chi connectivity index (χ4v) is 1.49. The lowest BCUT2D eigenvalue weighted by molar-refractivity contribution is -0.145. The Balaban J connectivity index is 2.64. The van der Waals surface area contributed by atoms with Crippen molar-refractivity contribution >= 4 is 5.97 Å². The second-order valence-electron chi connectivity index (χ2n) is 3.90. The first-order valence-electron chi connectivity index (χ1n) is 5.84. The molecular formula is C13H19NO3. The Kier molecular flexibility index (Phi) is 5.49. The third kappa shape index (κ3) is 4.07. The molecule has 17 heavy (non-hydrogen) atoms. The number of benzene rings is 1. The number of hydrogen-bond acceptors (Lipinski definition) is 4. The van der Waals surface area contributed by atoms with Gasteiger partial charge in [0.1, 0.15) is 5.75 Å². The van der Waals surface area contributed by atoms with Crippen molar-refractivity contribution in [3.05, 3.63) is 29.8 Å². The van der Waals surface area contributed by atoms with Gasteiger partial charge in [0.05, 0.1) is 12.5 Å². The van der Waals surface area contributed by atoms with E-state index in [2.05, 4.69) is 0 Å². The van der Waals surface area contributed by atoms with Crippen molar-refractivity contribution in [2.75, 3.05) is 13.2 Å². The zero-order valence-corrected chi connectivity index (χ0v) is 10.1. The summed E-state index contributed by atoms with van der Waals surface area (Å²) >= 11 is 0. The first-order chi connectivity index (χ1) is 8.19. The summed E-state index contributed by atoms with van der Waals surface area (Å²) in [6.45, 7) is 2.67. The lowest BCUT2D eigenvalue weighted by Crippen LogP contribution is -2.24. The van der Waals surface area contributed by atoms with E-state index in [1.807, 2.05) is 6.92 Å². The highest BCUT2D eigenvalue weighted by atomic mass is 16.5. The van der Waals surface area contributed by atoms with Crippen LogP contribution in [-0.2, 0) is 9.53 Å². The molecule has 94 valence electrons. The van der Waals surface area contributed by atoms with E-state index in [1.54, 1.807) is 12.1 Å². The summed E-state index contributed by atoms with van der Waals surface area (Å²) in [5.74, 6) is -0.581. The molecule has 0 radical (unpaired) electrons. The topological polar surface area (TPSA) is 72.5 Å². The number of nitrogens with two attached hydrogens (primary N) is 1. The summed E-state index contributed by atoms with van der Waals surface area (Å²) in [7, 11) is 0. The van der Waals surface area contributed by atoms with Crippen LogP contribution in [0.15, 0.2) is 24.3 Å². The summed E-state index contributed by atoms with van der Waals surface area (Å²) in [5, 5.41) is 9.18. The molecule has 0 saturated heterocycles. The summed E-state index contributed by atoms with van der Waals surface area (Å²) in [6, 6.07) is 6.45. The largest absolute Gasteiger partial charge is 0.508 e. The number of hydrogen-bond donors (Lipinski definition) is 2. The van der Waals surface area contributed by atoms with Crippen molar-refractivity contribution in [3.8, 4) is 5.75 Å². The molecule has 0 amide bonds. The molecule has 0 aliphatic heterocycles. The fraction of sp³-hybridized carbons (Fsp3) is 0.462. The van der Waals surface area contributed by atoms with Gasteiger partial charge in [0.2, 0.25) is 0 Å². The Labute approximate surface area is 101 Å². The minimum atomic E-state index is -0.451. The van der Waals surface area contributed by atoms with Crippen molar-refractivity contribution in [3.63, 3.8) is 0 Å². The average molecular weight is 237 g/mol. The molecule has 1 aromatic carbocycles. The molecule has 0 heterocycles. The van der Waals surface area contributed by atoms with Crippen LogP contribution in [0.3, 0.4) is 0 Å². The van der Waals surface area contributed by atoms with E-state index in [0.717, 1.165) is 18.4 Å². The molecule has 4 nitrogen and oxygen atoms in total. The third-order valence-electron chi connectivity index (χ3n) is 2.56. The highest BCUT2D eigenvalue weighted by Gasteiger charge is 2.20. The molecule has 0 aliphatic rings. The summed E-state index contributed by atoms with van der Waals surface area (Å²) in [6.07, 6.45) is 1.85. The quantitative estimate of drug-likeness (QED) is 0.584. The molecule has 0 fully saturated rings. The van der Waals surface area contributed by atoms with E-state index >= 15 is 0 Å². The highest BCUT2D eigenvalue weighted by molar-refractivity contribution is 5.78. The van der Waals surface area contributed by atoms with E-state index in [0.29, 0.717) is 6.61 Å². The number of phenolic OH excluding ortho intramolecular Hbond substituents is 1. The zero-order chi connectivity index (χ0) is 12.7. The molecule has 4 heteroatoms. The molecule has 1 rings (SSSR count). The maximum Gasteiger partial charge on any atom is 0.314 e. The van der Waals surface area contributed by atoms with Crippen LogP contribution in [0.1, 0.15) is 31.2 Å². The van der Waals surface area contributed by atoms with Crippen LogP contribution < -0.4 is 5.73 Å². The molecule has 3 N–H and O–H groups in total. The summed E-state index contributed by atoms with van der Waals surface area (Å²) in [4.78, 5) is 11.8. The van der Waals surface area contributed by atoms with Gasteiger partial charge in [-0.2, -0.15) is 0 Å². The molecule has 0 bridgehead atoms. The zero-order valence-electron chi connectivity index (χ0n) is 10.1. The predicted octanol–water partition coefficient (Wildman–Crippen LogP) is 1.78. The van der Waals surface area contributed by atoms with Gasteiger partial charge in [-0.1, -0.05) is 25.5 Å². The smallest absolute Gasteiger partial charge is 0.314 e. The maximum atomic E-state index is 11.8. The van der Waals surface area contributed by atoms with Gasteiger partial charge < -0.3 is 15.6 Å². The van der Waals surface area contributed by atoms with Crippen LogP contribution in [0.5, 0.6) is 5.75 Å². The van der Waals surface area contributed by atoms with Gasteiger partial charge in [0.15, 0.2) is 0 Å². The Morgan fingerprint density at radius 2 is 2.06 bits per heavy atom. The number of unbranched alkanes of at least 4 members (excludes halogenated alkanes) is 1. The van der Waals surface area contributed by atoms with Crippen molar-refractivity contribution in [2.24, 2.45) is 5.73 Å². The Bertz CT molecular complexity index is 348. The Morgan fingerprint density at radius 1 is 1.41 bits per heavy atom. The number of ether oxygens (including phenoxy) is 1. The standard InChI is InChI=1S/C13H19NO3/c1-2-3-8-17-13(16)12(9-14)10-4-6-11(15)7-5-10/h4-7,12,15H,2-3,8-9,14H2,1H3. The number of rotatable bonds is 6. The number of carbonyl (C=O) groups excluding carboxylic acids is 1. The first-order valence-corrected chi connectivity index (χ1v) is 5.84. The van der Waals surface area contributed by atoms with Gasteiger partial charge in [-0.15, -0.1) is 0 Å². The van der Waals surface area contributed by atoms with Gasteiger partial charge in [0.25, 0.3) is 0 Å². The van der Waals surface area contributed by atoms with Crippen LogP contribution in [-0.4, -0.2) is 24.2 Å². The Hall–Kier alpha value is -1.55. The van der Waals surface area contributed by atoms with E-state index in [-0.39, 0.29) is 18.3 Å². The molecule has 1 aromatic rings. The monoisotopic (exact) mass is 237 g/mol. The average Bonchev–Trinajstić information content (AvgIpc) is 2.33. The van der Waals surface area contributed by atoms with Gasteiger partial charge in [-0.05, 0) is 24.1 Å². The van der Waals surface area contributed by atoms with E-state index in [9.17, 15) is 9.90 Å². The maximum absolute atomic E-state index is 11.8. The SMILES string of the molecule is CCCCOC(=O)C(CN)c1ccc(O)cc1. The van der Waals surface area contributed by atoms with Crippen molar-refractivity contribution < 1.29 is 14.6 Å². The third-order valence-corrected chi connectivity index (χ3v) is 2.56. The first kappa shape index (κ1) is 13.5. The molecule has 0 aliphatic carbocycles. The highest BCUT2D eigenvalue weighted by Crippen LogP contribution is 2.19.